The molecule has 0 atom stereocenters. The quantitative estimate of drug-likeness (QED) is 0.354. The van der Waals surface area contributed by atoms with Gasteiger partial charge in [-0.05, 0) is 37.5 Å². The van der Waals surface area contributed by atoms with Crippen molar-refractivity contribution < 1.29 is 14.3 Å². The first-order chi connectivity index (χ1) is 14.1. The Hall–Kier alpha value is -1.26. The Balaban J connectivity index is 0.00000320. The zero-order valence-electron chi connectivity index (χ0n) is 17.7. The molecule has 0 bridgehead atoms. The molecule has 1 N–H and O–H groups in total. The van der Waals surface area contributed by atoms with E-state index in [2.05, 4.69) is 27.3 Å². The van der Waals surface area contributed by atoms with Gasteiger partial charge in [-0.1, -0.05) is 23.7 Å². The van der Waals surface area contributed by atoms with Gasteiger partial charge in [-0.3, -0.25) is 4.99 Å². The van der Waals surface area contributed by atoms with E-state index in [9.17, 15) is 4.79 Å². The van der Waals surface area contributed by atoms with Crippen molar-refractivity contribution in [1.82, 2.24) is 15.1 Å². The number of benzene rings is 1. The maximum absolute atomic E-state index is 11.9. The smallest absolute Gasteiger partial charge is 0.409 e. The molecule has 2 saturated heterocycles. The van der Waals surface area contributed by atoms with Crippen LogP contribution in [0.4, 0.5) is 4.79 Å². The average molecular weight is 551 g/mol. The second kappa shape index (κ2) is 12.0. The number of carbonyl (C=O) groups excluding carboxylic acids is 1. The van der Waals surface area contributed by atoms with Crippen molar-refractivity contribution in [3.63, 3.8) is 0 Å². The summed E-state index contributed by atoms with van der Waals surface area (Å²) in [5, 5.41) is 4.34. The molecule has 0 unspecified atom stereocenters. The Kier molecular flexibility index (Phi) is 9.96. The summed E-state index contributed by atoms with van der Waals surface area (Å²) in [7, 11) is 1.80. The normalized spacial score (nSPS) is 19.1. The van der Waals surface area contributed by atoms with Crippen molar-refractivity contribution >= 4 is 47.6 Å². The Bertz CT molecular complexity index is 720. The fraction of sp³-hybridized carbons (Fsp3) is 0.619. The molecule has 2 heterocycles. The van der Waals surface area contributed by atoms with Gasteiger partial charge in [-0.2, -0.15) is 0 Å². The third-order valence-corrected chi connectivity index (χ3v) is 6.02. The minimum absolute atomic E-state index is 0. The number of hydrogen-bond acceptors (Lipinski definition) is 4. The van der Waals surface area contributed by atoms with Gasteiger partial charge in [0, 0.05) is 63.4 Å². The molecule has 0 radical (unpaired) electrons. The van der Waals surface area contributed by atoms with Gasteiger partial charge in [0.25, 0.3) is 0 Å². The van der Waals surface area contributed by atoms with Crippen LogP contribution >= 0.6 is 35.6 Å². The van der Waals surface area contributed by atoms with E-state index in [4.69, 9.17) is 21.1 Å². The van der Waals surface area contributed by atoms with E-state index < -0.39 is 0 Å². The first-order valence-corrected chi connectivity index (χ1v) is 10.7. The van der Waals surface area contributed by atoms with Crippen LogP contribution in [0.15, 0.2) is 29.3 Å². The lowest BCUT2D eigenvalue weighted by Crippen LogP contribution is -2.55. The summed E-state index contributed by atoms with van der Waals surface area (Å²) in [6.45, 7) is 7.19. The van der Waals surface area contributed by atoms with Crippen molar-refractivity contribution in [2.24, 2.45) is 4.99 Å². The van der Waals surface area contributed by atoms with E-state index in [-0.39, 0.29) is 35.5 Å². The largest absolute Gasteiger partial charge is 0.450 e. The zero-order valence-corrected chi connectivity index (χ0v) is 20.8. The van der Waals surface area contributed by atoms with Gasteiger partial charge in [-0.15, -0.1) is 24.0 Å². The number of halogens is 2. The van der Waals surface area contributed by atoms with Gasteiger partial charge in [0.1, 0.15) is 0 Å². The van der Waals surface area contributed by atoms with Crippen molar-refractivity contribution in [3.8, 4) is 0 Å². The van der Waals surface area contributed by atoms with Crippen LogP contribution in [0.25, 0.3) is 0 Å². The van der Waals surface area contributed by atoms with E-state index in [0.29, 0.717) is 19.7 Å². The molecule has 0 spiro atoms. The molecule has 0 saturated carbocycles. The van der Waals surface area contributed by atoms with Gasteiger partial charge in [0.2, 0.25) is 0 Å². The lowest BCUT2D eigenvalue weighted by Gasteiger charge is -2.40. The lowest BCUT2D eigenvalue weighted by atomic mass is 9.74. The number of amides is 1. The summed E-state index contributed by atoms with van der Waals surface area (Å²) in [6, 6.07) is 8.14. The van der Waals surface area contributed by atoms with Crippen LogP contribution in [0.1, 0.15) is 25.3 Å². The molecule has 2 aliphatic rings. The molecular formula is C21H32ClIN4O3. The Morgan fingerprint density at radius 1 is 1.23 bits per heavy atom. The summed E-state index contributed by atoms with van der Waals surface area (Å²) >= 11 is 6.27. The first-order valence-electron chi connectivity index (χ1n) is 10.3. The predicted molar refractivity (Wildman–Crippen MR) is 130 cm³/mol. The molecule has 1 aromatic rings. The number of carbonyl (C=O) groups is 1. The standard InChI is InChI=1S/C21H31ClN4O3.HI/c1-3-29-20(27)26-11-9-25(10-12-26)19(23-2)24-16-21(7-13-28-14-8-21)17-5-4-6-18(22)15-17;/h4-6,15H,3,7-14,16H2,1-2H3,(H,23,24);1H. The summed E-state index contributed by atoms with van der Waals surface area (Å²) in [4.78, 5) is 20.3. The van der Waals surface area contributed by atoms with Gasteiger partial charge in [0.15, 0.2) is 5.96 Å². The number of ether oxygens (including phenoxy) is 2. The molecule has 1 aromatic carbocycles. The third-order valence-electron chi connectivity index (χ3n) is 5.79. The second-order valence-corrected chi connectivity index (χ2v) is 7.91. The number of nitrogens with zero attached hydrogens (tertiary/aromatic N) is 3. The lowest BCUT2D eigenvalue weighted by molar-refractivity contribution is 0.0510. The summed E-state index contributed by atoms with van der Waals surface area (Å²) in [6.07, 6.45) is 1.64. The van der Waals surface area contributed by atoms with Gasteiger partial charge < -0.3 is 24.6 Å². The minimum atomic E-state index is -0.239. The SMILES string of the molecule is CCOC(=O)N1CCN(C(=NC)NCC2(c3cccc(Cl)c3)CCOCC2)CC1.I. The highest BCUT2D eigenvalue weighted by Gasteiger charge is 2.35. The fourth-order valence-corrected chi connectivity index (χ4v) is 4.23. The number of nitrogens with one attached hydrogen (secondary N) is 1. The van der Waals surface area contributed by atoms with E-state index in [0.717, 1.165) is 56.7 Å². The molecule has 2 aliphatic heterocycles. The highest BCUT2D eigenvalue weighted by atomic mass is 127. The highest BCUT2D eigenvalue weighted by Crippen LogP contribution is 2.35. The summed E-state index contributed by atoms with van der Waals surface area (Å²) in [5.74, 6) is 0.862. The van der Waals surface area contributed by atoms with Crippen molar-refractivity contribution in [2.45, 2.75) is 25.2 Å². The molecule has 0 aromatic heterocycles. The Morgan fingerprint density at radius 3 is 2.50 bits per heavy atom. The monoisotopic (exact) mass is 550 g/mol. The average Bonchev–Trinajstić information content (AvgIpc) is 2.75. The van der Waals surface area contributed by atoms with Crippen LogP contribution < -0.4 is 5.32 Å². The van der Waals surface area contributed by atoms with Crippen LogP contribution in [0.5, 0.6) is 0 Å². The molecule has 9 heteroatoms. The highest BCUT2D eigenvalue weighted by molar-refractivity contribution is 14.0. The molecule has 2 fully saturated rings. The summed E-state index contributed by atoms with van der Waals surface area (Å²) < 4.78 is 10.7. The molecule has 30 heavy (non-hydrogen) atoms. The topological polar surface area (TPSA) is 66.4 Å². The Labute approximate surface area is 201 Å². The van der Waals surface area contributed by atoms with Gasteiger partial charge >= 0.3 is 6.09 Å². The van der Waals surface area contributed by atoms with Crippen molar-refractivity contribution in [3.05, 3.63) is 34.9 Å². The number of rotatable bonds is 4. The van der Waals surface area contributed by atoms with Crippen molar-refractivity contribution in [2.75, 3.05) is 59.6 Å². The first kappa shape index (κ1) is 25.0. The zero-order chi connectivity index (χ0) is 20.7. The van der Waals surface area contributed by atoms with E-state index in [1.54, 1.807) is 11.9 Å². The van der Waals surface area contributed by atoms with Crippen molar-refractivity contribution in [1.29, 1.82) is 0 Å². The van der Waals surface area contributed by atoms with Crippen LogP contribution in [0.3, 0.4) is 0 Å². The van der Waals surface area contributed by atoms with Crippen LogP contribution in [0, 0.1) is 0 Å². The number of aliphatic imine (C=N–C) groups is 1. The second-order valence-electron chi connectivity index (χ2n) is 7.48. The molecule has 168 valence electrons. The molecule has 7 nitrogen and oxygen atoms in total. The predicted octanol–water partition coefficient (Wildman–Crippen LogP) is 3.36. The fourth-order valence-electron chi connectivity index (χ4n) is 4.04. The third kappa shape index (κ3) is 6.13. The molecular weight excluding hydrogens is 519 g/mol. The summed E-state index contributed by atoms with van der Waals surface area (Å²) in [5.41, 5.74) is 1.20. The maximum Gasteiger partial charge on any atom is 0.409 e. The van der Waals surface area contributed by atoms with E-state index in [1.807, 2.05) is 19.1 Å². The van der Waals surface area contributed by atoms with Gasteiger partial charge in [-0.25, -0.2) is 4.79 Å². The minimum Gasteiger partial charge on any atom is -0.450 e. The van der Waals surface area contributed by atoms with E-state index in [1.165, 1.54) is 5.56 Å². The molecule has 0 aliphatic carbocycles. The van der Waals surface area contributed by atoms with Crippen LogP contribution in [-0.4, -0.2) is 81.4 Å². The van der Waals surface area contributed by atoms with Crippen LogP contribution in [0.2, 0.25) is 5.02 Å². The number of hydrogen-bond donors (Lipinski definition) is 1. The van der Waals surface area contributed by atoms with E-state index >= 15 is 0 Å². The van der Waals surface area contributed by atoms with Gasteiger partial charge in [0.05, 0.1) is 6.61 Å². The number of guanidine groups is 1. The number of piperazine rings is 1. The maximum atomic E-state index is 11.9. The molecule has 1 amide bonds. The Morgan fingerprint density at radius 2 is 1.90 bits per heavy atom. The van der Waals surface area contributed by atoms with Crippen LogP contribution in [-0.2, 0) is 14.9 Å². The molecule has 3 rings (SSSR count).